The molecule has 18 heavy (non-hydrogen) atoms. The molecule has 4 heteroatoms. The number of hydrogen-bond acceptors (Lipinski definition) is 3. The highest BCUT2D eigenvalue weighted by Gasteiger charge is 2.02. The zero-order valence-corrected chi connectivity index (χ0v) is 11.3. The highest BCUT2D eigenvalue weighted by Crippen LogP contribution is 2.18. The summed E-state index contributed by atoms with van der Waals surface area (Å²) in [7, 11) is 0. The minimum Gasteiger partial charge on any atom is -0.307 e. The average Bonchev–Trinajstić information content (AvgIpc) is 2.40. The number of rotatable bonds is 3. The molecule has 0 saturated carbocycles. The normalized spacial score (nSPS) is 9.83. The summed E-state index contributed by atoms with van der Waals surface area (Å²) >= 11 is 3.39. The van der Waals surface area contributed by atoms with Gasteiger partial charge in [0.2, 0.25) is 0 Å². The van der Waals surface area contributed by atoms with Gasteiger partial charge in [0.25, 0.3) is 0 Å². The maximum absolute atomic E-state index is 8.72. The van der Waals surface area contributed by atoms with Crippen LogP contribution >= 0.6 is 15.9 Å². The molecule has 3 nitrogen and oxygen atoms in total. The van der Waals surface area contributed by atoms with Crippen LogP contribution in [0.25, 0.3) is 0 Å². The number of hydrogen-bond donors (Lipinski definition) is 1. The molecule has 0 unspecified atom stereocenters. The van der Waals surface area contributed by atoms with Crippen molar-refractivity contribution >= 4 is 21.6 Å². The summed E-state index contributed by atoms with van der Waals surface area (Å²) in [5.74, 6) is 6.00. The fourth-order valence-corrected chi connectivity index (χ4v) is 1.87. The summed E-state index contributed by atoms with van der Waals surface area (Å²) in [6.45, 7) is 0.605. The SMILES string of the molecule is N#Cc1ccc(CN(N)c2ccc(Br)cc2)cc1. The van der Waals surface area contributed by atoms with E-state index in [0.29, 0.717) is 12.1 Å². The van der Waals surface area contributed by atoms with Gasteiger partial charge in [-0.3, -0.25) is 0 Å². The van der Waals surface area contributed by atoms with Crippen LogP contribution in [0.2, 0.25) is 0 Å². The lowest BCUT2D eigenvalue weighted by atomic mass is 10.1. The summed E-state index contributed by atoms with van der Waals surface area (Å²) in [6.07, 6.45) is 0. The van der Waals surface area contributed by atoms with Crippen LogP contribution in [0.5, 0.6) is 0 Å². The minimum atomic E-state index is 0.605. The standard InChI is InChI=1S/C14H12BrN3/c15-13-5-7-14(8-6-13)18(17)10-12-3-1-11(9-16)2-4-12/h1-8H,10,17H2. The molecular weight excluding hydrogens is 290 g/mol. The first-order valence-electron chi connectivity index (χ1n) is 5.46. The Morgan fingerprint density at radius 3 is 2.22 bits per heavy atom. The largest absolute Gasteiger partial charge is 0.307 e. The van der Waals surface area contributed by atoms with Crippen LogP contribution in [0, 0.1) is 11.3 Å². The van der Waals surface area contributed by atoms with Crippen LogP contribution in [0.1, 0.15) is 11.1 Å². The maximum atomic E-state index is 8.72. The second-order valence-electron chi connectivity index (χ2n) is 3.91. The molecule has 2 N–H and O–H groups in total. The molecule has 0 aromatic heterocycles. The Kier molecular flexibility index (Phi) is 3.98. The number of benzene rings is 2. The number of nitrogens with zero attached hydrogens (tertiary/aromatic N) is 2. The Bertz CT molecular complexity index is 555. The first-order valence-corrected chi connectivity index (χ1v) is 6.25. The van der Waals surface area contributed by atoms with Crippen LogP contribution in [0.15, 0.2) is 53.0 Å². The topological polar surface area (TPSA) is 53.0 Å². The summed E-state index contributed by atoms with van der Waals surface area (Å²) in [5.41, 5.74) is 2.67. The molecule has 0 amide bonds. The van der Waals surface area contributed by atoms with Gasteiger partial charge in [-0.25, -0.2) is 5.84 Å². The summed E-state index contributed by atoms with van der Waals surface area (Å²) in [6, 6.07) is 17.3. The van der Waals surface area contributed by atoms with Crippen molar-refractivity contribution in [3.8, 4) is 6.07 Å². The summed E-state index contributed by atoms with van der Waals surface area (Å²) in [5, 5.41) is 10.4. The quantitative estimate of drug-likeness (QED) is 0.699. The predicted molar refractivity (Wildman–Crippen MR) is 75.7 cm³/mol. The van der Waals surface area contributed by atoms with Crippen LogP contribution in [-0.4, -0.2) is 0 Å². The molecule has 0 saturated heterocycles. The number of anilines is 1. The van der Waals surface area contributed by atoms with E-state index in [4.69, 9.17) is 11.1 Å². The van der Waals surface area contributed by atoms with Crippen molar-refractivity contribution < 1.29 is 0 Å². The number of halogens is 1. The van der Waals surface area contributed by atoms with Gasteiger partial charge >= 0.3 is 0 Å². The lowest BCUT2D eigenvalue weighted by Gasteiger charge is -2.18. The van der Waals surface area contributed by atoms with Gasteiger partial charge in [0, 0.05) is 4.47 Å². The number of nitrogens with two attached hydrogens (primary N) is 1. The molecular formula is C14H12BrN3. The van der Waals surface area contributed by atoms with Gasteiger partial charge in [-0.1, -0.05) is 28.1 Å². The van der Waals surface area contributed by atoms with Crippen LogP contribution in [0.3, 0.4) is 0 Å². The highest BCUT2D eigenvalue weighted by molar-refractivity contribution is 9.10. The van der Waals surface area contributed by atoms with Crippen LogP contribution < -0.4 is 10.9 Å². The van der Waals surface area contributed by atoms with E-state index < -0.39 is 0 Å². The van der Waals surface area contributed by atoms with E-state index in [1.807, 2.05) is 36.4 Å². The molecule has 2 aromatic carbocycles. The lowest BCUT2D eigenvalue weighted by Crippen LogP contribution is -2.29. The van der Waals surface area contributed by atoms with E-state index in [1.54, 1.807) is 17.1 Å². The van der Waals surface area contributed by atoms with Crippen LogP contribution in [0.4, 0.5) is 5.69 Å². The van der Waals surface area contributed by atoms with E-state index in [9.17, 15) is 0 Å². The molecule has 0 heterocycles. The highest BCUT2D eigenvalue weighted by atomic mass is 79.9. The van der Waals surface area contributed by atoms with Gasteiger partial charge in [0.15, 0.2) is 0 Å². The van der Waals surface area contributed by atoms with E-state index >= 15 is 0 Å². The number of nitriles is 1. The Hall–Kier alpha value is -1.83. The van der Waals surface area contributed by atoms with Gasteiger partial charge in [-0.2, -0.15) is 5.26 Å². The monoisotopic (exact) mass is 301 g/mol. The molecule has 0 radical (unpaired) electrons. The zero-order chi connectivity index (χ0) is 13.0. The first kappa shape index (κ1) is 12.6. The Balaban J connectivity index is 2.08. The Morgan fingerprint density at radius 2 is 1.67 bits per heavy atom. The predicted octanol–water partition coefficient (Wildman–Crippen LogP) is 3.20. The van der Waals surface area contributed by atoms with Crippen molar-refractivity contribution in [2.75, 3.05) is 5.01 Å². The molecule has 0 spiro atoms. The molecule has 0 bridgehead atoms. The third-order valence-electron chi connectivity index (χ3n) is 2.59. The lowest BCUT2D eigenvalue weighted by molar-refractivity contribution is 0.853. The van der Waals surface area contributed by atoms with Crippen molar-refractivity contribution in [3.63, 3.8) is 0 Å². The third kappa shape index (κ3) is 3.10. The fourth-order valence-electron chi connectivity index (χ4n) is 1.61. The smallest absolute Gasteiger partial charge is 0.0991 e. The van der Waals surface area contributed by atoms with Gasteiger partial charge in [0.05, 0.1) is 23.9 Å². The van der Waals surface area contributed by atoms with E-state index in [-0.39, 0.29) is 0 Å². The van der Waals surface area contributed by atoms with Crippen molar-refractivity contribution in [2.24, 2.45) is 5.84 Å². The fraction of sp³-hybridized carbons (Fsp3) is 0.0714. The average molecular weight is 302 g/mol. The zero-order valence-electron chi connectivity index (χ0n) is 9.68. The van der Waals surface area contributed by atoms with Gasteiger partial charge in [0.1, 0.15) is 0 Å². The third-order valence-corrected chi connectivity index (χ3v) is 3.12. The van der Waals surface area contributed by atoms with E-state index in [2.05, 4.69) is 22.0 Å². The van der Waals surface area contributed by atoms with Crippen molar-refractivity contribution in [1.82, 2.24) is 0 Å². The minimum absolute atomic E-state index is 0.605. The molecule has 90 valence electrons. The summed E-state index contributed by atoms with van der Waals surface area (Å²) in [4.78, 5) is 0. The summed E-state index contributed by atoms with van der Waals surface area (Å²) < 4.78 is 1.03. The molecule has 0 aliphatic carbocycles. The van der Waals surface area contributed by atoms with Crippen LogP contribution in [-0.2, 0) is 6.54 Å². The van der Waals surface area contributed by atoms with E-state index in [0.717, 1.165) is 15.7 Å². The van der Waals surface area contributed by atoms with Gasteiger partial charge in [-0.05, 0) is 42.0 Å². The Labute approximate surface area is 115 Å². The second-order valence-corrected chi connectivity index (χ2v) is 4.83. The molecule has 2 aromatic rings. The van der Waals surface area contributed by atoms with Crippen molar-refractivity contribution in [3.05, 3.63) is 64.1 Å². The maximum Gasteiger partial charge on any atom is 0.0991 e. The first-order chi connectivity index (χ1) is 8.69. The van der Waals surface area contributed by atoms with Crippen molar-refractivity contribution in [1.29, 1.82) is 5.26 Å². The van der Waals surface area contributed by atoms with E-state index in [1.165, 1.54) is 0 Å². The molecule has 0 aliphatic heterocycles. The molecule has 0 fully saturated rings. The molecule has 0 aliphatic rings. The van der Waals surface area contributed by atoms with Gasteiger partial charge < -0.3 is 5.01 Å². The van der Waals surface area contributed by atoms with Crippen molar-refractivity contribution in [2.45, 2.75) is 6.54 Å². The second kappa shape index (κ2) is 5.67. The molecule has 0 atom stereocenters. The molecule has 2 rings (SSSR count). The number of hydrazine groups is 1. The Morgan fingerprint density at radius 1 is 1.06 bits per heavy atom. The van der Waals surface area contributed by atoms with Gasteiger partial charge in [-0.15, -0.1) is 0 Å².